The quantitative estimate of drug-likeness (QED) is 0.375. The number of anilines is 1. The van der Waals surface area contributed by atoms with Crippen LogP contribution in [0.4, 0.5) is 5.69 Å². The number of aryl methyl sites for hydroxylation is 3. The second kappa shape index (κ2) is 9.15. The fourth-order valence-electron chi connectivity index (χ4n) is 6.86. The van der Waals surface area contributed by atoms with E-state index in [1.165, 1.54) is 76.9 Å². The number of hydrogen-bond donors (Lipinski definition) is 0. The van der Waals surface area contributed by atoms with Crippen LogP contribution in [0.25, 0.3) is 17.1 Å². The SMILES string of the molecule is CCC(C)(C)c1ccc2c(c1-c1nccn1-c1c(C)cc(C)cc1C)CC(C)N2C1CCCCC1. The van der Waals surface area contributed by atoms with Gasteiger partial charge in [-0.15, -0.1) is 0 Å². The summed E-state index contributed by atoms with van der Waals surface area (Å²) in [5.74, 6) is 1.10. The number of aromatic nitrogens is 2. The minimum Gasteiger partial charge on any atom is -0.365 e. The van der Waals surface area contributed by atoms with Crippen LogP contribution in [0.2, 0.25) is 0 Å². The highest BCUT2D eigenvalue weighted by atomic mass is 15.2. The molecule has 0 spiro atoms. The van der Waals surface area contributed by atoms with Crippen LogP contribution in [0.15, 0.2) is 36.7 Å². The molecular weight excluding hydrogens is 426 g/mol. The minimum atomic E-state index is 0.0833. The van der Waals surface area contributed by atoms with Crippen LogP contribution in [-0.2, 0) is 11.8 Å². The summed E-state index contributed by atoms with van der Waals surface area (Å²) < 4.78 is 2.36. The maximum absolute atomic E-state index is 5.06. The van der Waals surface area contributed by atoms with Crippen LogP contribution in [0.5, 0.6) is 0 Å². The predicted octanol–water partition coefficient (Wildman–Crippen LogP) is 8.24. The summed E-state index contributed by atoms with van der Waals surface area (Å²) in [5, 5.41) is 0. The lowest BCUT2D eigenvalue weighted by atomic mass is 9.77. The summed E-state index contributed by atoms with van der Waals surface area (Å²) in [7, 11) is 0. The summed E-state index contributed by atoms with van der Waals surface area (Å²) in [6, 6.07) is 10.7. The highest BCUT2D eigenvalue weighted by molar-refractivity contribution is 5.79. The van der Waals surface area contributed by atoms with Crippen molar-refractivity contribution in [1.82, 2.24) is 9.55 Å². The van der Waals surface area contributed by atoms with Gasteiger partial charge in [0.05, 0.1) is 5.69 Å². The number of fused-ring (bicyclic) bond motifs is 1. The first kappa shape index (κ1) is 24.2. The average Bonchev–Trinajstić information content (AvgIpc) is 3.42. The Morgan fingerprint density at radius 1 is 1.00 bits per heavy atom. The van der Waals surface area contributed by atoms with Crippen molar-refractivity contribution >= 4 is 5.69 Å². The topological polar surface area (TPSA) is 21.1 Å². The van der Waals surface area contributed by atoms with E-state index in [4.69, 9.17) is 4.98 Å². The van der Waals surface area contributed by atoms with Gasteiger partial charge in [-0.3, -0.25) is 4.57 Å². The number of rotatable bonds is 5. The zero-order valence-corrected chi connectivity index (χ0v) is 22.9. The van der Waals surface area contributed by atoms with Gasteiger partial charge in [0.1, 0.15) is 5.82 Å². The van der Waals surface area contributed by atoms with Gasteiger partial charge in [-0.1, -0.05) is 63.8 Å². The molecule has 1 unspecified atom stereocenters. The summed E-state index contributed by atoms with van der Waals surface area (Å²) in [6.45, 7) is 16.2. The highest BCUT2D eigenvalue weighted by Gasteiger charge is 2.37. The van der Waals surface area contributed by atoms with E-state index in [9.17, 15) is 0 Å². The normalized spacial score (nSPS) is 18.8. The number of imidazole rings is 1. The van der Waals surface area contributed by atoms with Crippen molar-refractivity contribution in [3.05, 3.63) is 64.5 Å². The molecule has 1 saturated carbocycles. The largest absolute Gasteiger partial charge is 0.365 e. The molecule has 1 aliphatic carbocycles. The maximum atomic E-state index is 5.06. The second-order valence-corrected chi connectivity index (χ2v) is 11.8. The van der Waals surface area contributed by atoms with Gasteiger partial charge in [-0.25, -0.2) is 4.98 Å². The lowest BCUT2D eigenvalue weighted by Crippen LogP contribution is -2.40. The van der Waals surface area contributed by atoms with Crippen molar-refractivity contribution in [3.63, 3.8) is 0 Å². The molecule has 2 aliphatic rings. The molecule has 0 saturated heterocycles. The molecule has 3 heteroatoms. The first-order chi connectivity index (χ1) is 16.7. The Kier molecular flexibility index (Phi) is 6.32. The number of benzene rings is 2. The zero-order valence-electron chi connectivity index (χ0n) is 22.9. The number of nitrogens with zero attached hydrogens (tertiary/aromatic N) is 3. The first-order valence-electron chi connectivity index (χ1n) is 13.8. The van der Waals surface area contributed by atoms with Crippen molar-refractivity contribution in [1.29, 1.82) is 0 Å². The van der Waals surface area contributed by atoms with E-state index in [0.29, 0.717) is 12.1 Å². The lowest BCUT2D eigenvalue weighted by Gasteiger charge is -2.37. The van der Waals surface area contributed by atoms with E-state index < -0.39 is 0 Å². The Morgan fingerprint density at radius 2 is 1.69 bits per heavy atom. The van der Waals surface area contributed by atoms with E-state index in [2.05, 4.69) is 88.4 Å². The highest BCUT2D eigenvalue weighted by Crippen LogP contribution is 2.47. The zero-order chi connectivity index (χ0) is 24.9. The minimum absolute atomic E-state index is 0.0833. The van der Waals surface area contributed by atoms with Gasteiger partial charge in [0, 0.05) is 35.7 Å². The fourth-order valence-corrected chi connectivity index (χ4v) is 6.86. The number of hydrogen-bond acceptors (Lipinski definition) is 2. The van der Waals surface area contributed by atoms with Crippen molar-refractivity contribution in [2.24, 2.45) is 0 Å². The van der Waals surface area contributed by atoms with E-state index in [1.807, 2.05) is 6.20 Å². The summed E-state index contributed by atoms with van der Waals surface area (Å²) in [5.41, 5.74) is 11.1. The van der Waals surface area contributed by atoms with Gasteiger partial charge in [0.2, 0.25) is 0 Å². The standard InChI is InChI=1S/C32H43N3/c1-8-32(6,7)27-14-15-28-26(20-24(5)35(28)25-12-10-9-11-13-25)29(27)31-33-16-17-34(31)30-22(3)18-21(2)19-23(30)4/h14-19,24-25H,8-13,20H2,1-7H3. The van der Waals surface area contributed by atoms with Crippen molar-refractivity contribution in [2.45, 2.75) is 111 Å². The van der Waals surface area contributed by atoms with Gasteiger partial charge in [0.25, 0.3) is 0 Å². The third kappa shape index (κ3) is 4.11. The molecule has 2 heterocycles. The second-order valence-electron chi connectivity index (χ2n) is 11.8. The summed E-state index contributed by atoms with van der Waals surface area (Å²) in [4.78, 5) is 7.83. The molecule has 0 amide bonds. The van der Waals surface area contributed by atoms with Crippen LogP contribution >= 0.6 is 0 Å². The van der Waals surface area contributed by atoms with Crippen LogP contribution in [-0.4, -0.2) is 21.6 Å². The molecule has 0 bridgehead atoms. The molecule has 0 radical (unpaired) electrons. The molecule has 5 rings (SSSR count). The summed E-state index contributed by atoms with van der Waals surface area (Å²) >= 11 is 0. The summed E-state index contributed by atoms with van der Waals surface area (Å²) in [6.07, 6.45) is 13.2. The van der Waals surface area contributed by atoms with E-state index in [1.54, 1.807) is 0 Å². The van der Waals surface area contributed by atoms with Gasteiger partial charge in [-0.05, 0) is 87.1 Å². The third-order valence-electron chi connectivity index (χ3n) is 8.86. The Hall–Kier alpha value is -2.55. The molecule has 186 valence electrons. The molecule has 0 N–H and O–H groups in total. The molecule has 35 heavy (non-hydrogen) atoms. The fraction of sp³-hybridized carbons (Fsp3) is 0.531. The third-order valence-corrected chi connectivity index (χ3v) is 8.86. The van der Waals surface area contributed by atoms with E-state index in [0.717, 1.165) is 18.7 Å². The van der Waals surface area contributed by atoms with Crippen LogP contribution in [0.3, 0.4) is 0 Å². The van der Waals surface area contributed by atoms with Crippen LogP contribution in [0, 0.1) is 20.8 Å². The molecule has 1 aromatic heterocycles. The maximum Gasteiger partial charge on any atom is 0.145 e. The van der Waals surface area contributed by atoms with Gasteiger partial charge >= 0.3 is 0 Å². The predicted molar refractivity (Wildman–Crippen MR) is 149 cm³/mol. The Labute approximate surface area is 212 Å². The van der Waals surface area contributed by atoms with Gasteiger partial charge < -0.3 is 4.90 Å². The van der Waals surface area contributed by atoms with Crippen LogP contribution < -0.4 is 4.90 Å². The monoisotopic (exact) mass is 469 g/mol. The van der Waals surface area contributed by atoms with Gasteiger partial charge in [-0.2, -0.15) is 0 Å². The van der Waals surface area contributed by atoms with Crippen LogP contribution in [0.1, 0.15) is 94.0 Å². The average molecular weight is 470 g/mol. The molecule has 1 atom stereocenters. The first-order valence-corrected chi connectivity index (χ1v) is 13.8. The van der Waals surface area contributed by atoms with Crippen molar-refractivity contribution < 1.29 is 0 Å². The molecule has 3 aromatic rings. The van der Waals surface area contributed by atoms with E-state index >= 15 is 0 Å². The Morgan fingerprint density at radius 3 is 2.34 bits per heavy atom. The van der Waals surface area contributed by atoms with Crippen molar-refractivity contribution in [3.8, 4) is 17.1 Å². The Balaban J connectivity index is 1.74. The molecule has 1 fully saturated rings. The molecule has 2 aromatic carbocycles. The molecule has 1 aliphatic heterocycles. The lowest BCUT2D eigenvalue weighted by molar-refractivity contribution is 0.400. The van der Waals surface area contributed by atoms with E-state index in [-0.39, 0.29) is 5.41 Å². The smallest absolute Gasteiger partial charge is 0.145 e. The molecular formula is C32H43N3. The van der Waals surface area contributed by atoms with Gasteiger partial charge in [0.15, 0.2) is 0 Å². The Bertz CT molecular complexity index is 1200. The molecule has 3 nitrogen and oxygen atoms in total. The van der Waals surface area contributed by atoms with Crippen molar-refractivity contribution in [2.75, 3.05) is 4.90 Å².